The summed E-state index contributed by atoms with van der Waals surface area (Å²) >= 11 is 0. The Morgan fingerprint density at radius 3 is 2.63 bits per heavy atom. The van der Waals surface area contributed by atoms with E-state index in [2.05, 4.69) is 6.92 Å². The number of aliphatic hydroxyl groups excluding tert-OH is 1. The number of phenolic OH excluding ortho intramolecular Hbond substituents is 1. The quantitative estimate of drug-likeness (QED) is 0.744. The van der Waals surface area contributed by atoms with Crippen molar-refractivity contribution >= 4 is 5.91 Å². The maximum Gasteiger partial charge on any atom is 0.257 e. The van der Waals surface area contributed by atoms with Crippen molar-refractivity contribution in [3.05, 3.63) is 29.3 Å². The number of para-hydroxylation sites is 1. The summed E-state index contributed by atoms with van der Waals surface area (Å²) in [6.45, 7) is 4.71. The zero-order chi connectivity index (χ0) is 14.3. The molecule has 0 radical (unpaired) electrons. The number of amides is 1. The number of aliphatic hydroxyl groups is 1. The van der Waals surface area contributed by atoms with E-state index in [4.69, 9.17) is 5.11 Å². The Balaban J connectivity index is 2.83. The van der Waals surface area contributed by atoms with Crippen LogP contribution in [-0.4, -0.2) is 40.7 Å². The molecule has 1 aromatic rings. The minimum atomic E-state index is -0.216. The van der Waals surface area contributed by atoms with Crippen molar-refractivity contribution in [3.63, 3.8) is 0 Å². The van der Waals surface area contributed by atoms with Crippen LogP contribution in [-0.2, 0) is 0 Å². The summed E-state index contributed by atoms with van der Waals surface area (Å²) in [5.74, 6) is -0.183. The van der Waals surface area contributed by atoms with Crippen molar-refractivity contribution in [2.75, 3.05) is 19.7 Å². The molecule has 2 N–H and O–H groups in total. The Bertz CT molecular complexity index is 418. The number of carbonyl (C=O) groups is 1. The van der Waals surface area contributed by atoms with Gasteiger partial charge in [-0.1, -0.05) is 31.9 Å². The van der Waals surface area contributed by atoms with Gasteiger partial charge in [-0.3, -0.25) is 4.79 Å². The first-order valence-corrected chi connectivity index (χ1v) is 6.80. The number of benzene rings is 1. The lowest BCUT2D eigenvalue weighted by Crippen LogP contribution is -2.34. The summed E-state index contributed by atoms with van der Waals surface area (Å²) in [6, 6.07) is 5.14. The molecular formula is C15H23NO3. The number of unbranched alkanes of at least 4 members (excludes halogenated alkanes) is 2. The molecule has 0 aliphatic carbocycles. The fraction of sp³-hybridized carbons (Fsp3) is 0.533. The van der Waals surface area contributed by atoms with Gasteiger partial charge in [-0.2, -0.15) is 0 Å². The fourth-order valence-corrected chi connectivity index (χ4v) is 1.99. The van der Waals surface area contributed by atoms with Crippen LogP contribution in [0.1, 0.15) is 42.1 Å². The molecule has 0 saturated carbocycles. The molecule has 0 atom stereocenters. The number of aryl methyl sites for hydroxylation is 1. The monoisotopic (exact) mass is 265 g/mol. The molecule has 0 heterocycles. The van der Waals surface area contributed by atoms with E-state index in [0.717, 1.165) is 19.3 Å². The third-order valence-electron chi connectivity index (χ3n) is 3.16. The Hall–Kier alpha value is -1.55. The molecule has 1 amide bonds. The van der Waals surface area contributed by atoms with Crippen molar-refractivity contribution in [1.82, 2.24) is 4.90 Å². The third-order valence-corrected chi connectivity index (χ3v) is 3.16. The van der Waals surface area contributed by atoms with Gasteiger partial charge in [0.2, 0.25) is 0 Å². The average Bonchev–Trinajstić information content (AvgIpc) is 2.40. The molecule has 1 rings (SSSR count). The van der Waals surface area contributed by atoms with Gasteiger partial charge < -0.3 is 15.1 Å². The lowest BCUT2D eigenvalue weighted by atomic mass is 10.1. The van der Waals surface area contributed by atoms with Gasteiger partial charge in [-0.15, -0.1) is 0 Å². The van der Waals surface area contributed by atoms with Crippen molar-refractivity contribution in [3.8, 4) is 5.75 Å². The smallest absolute Gasteiger partial charge is 0.257 e. The molecule has 0 aliphatic heterocycles. The van der Waals surface area contributed by atoms with E-state index in [1.807, 2.05) is 0 Å². The number of hydrogen-bond acceptors (Lipinski definition) is 3. The molecule has 0 fully saturated rings. The SMILES string of the molecule is CCCCCN(CCO)C(=O)c1cccc(C)c1O. The van der Waals surface area contributed by atoms with E-state index in [0.29, 0.717) is 24.2 Å². The van der Waals surface area contributed by atoms with Crippen molar-refractivity contribution in [1.29, 1.82) is 0 Å². The molecule has 0 saturated heterocycles. The van der Waals surface area contributed by atoms with Gasteiger partial charge in [0.15, 0.2) is 0 Å². The Kier molecular flexibility index (Phi) is 6.36. The van der Waals surface area contributed by atoms with Gasteiger partial charge in [0, 0.05) is 13.1 Å². The molecule has 0 aromatic heterocycles. The zero-order valence-electron chi connectivity index (χ0n) is 11.7. The van der Waals surface area contributed by atoms with Gasteiger partial charge in [-0.25, -0.2) is 0 Å². The second kappa shape index (κ2) is 7.79. The van der Waals surface area contributed by atoms with Gasteiger partial charge in [0.25, 0.3) is 5.91 Å². The standard InChI is InChI=1S/C15H23NO3/c1-3-4-5-9-16(10-11-17)15(19)13-8-6-7-12(2)14(13)18/h6-8,17-18H,3-5,9-11H2,1-2H3. The van der Waals surface area contributed by atoms with E-state index in [9.17, 15) is 9.90 Å². The lowest BCUT2D eigenvalue weighted by molar-refractivity contribution is 0.0715. The topological polar surface area (TPSA) is 60.8 Å². The third kappa shape index (κ3) is 4.24. The van der Waals surface area contributed by atoms with Crippen LogP contribution in [0.25, 0.3) is 0 Å². The lowest BCUT2D eigenvalue weighted by Gasteiger charge is -2.22. The van der Waals surface area contributed by atoms with Crippen LogP contribution in [0, 0.1) is 6.92 Å². The highest BCUT2D eigenvalue weighted by atomic mass is 16.3. The molecule has 0 aliphatic rings. The minimum Gasteiger partial charge on any atom is -0.507 e. The molecule has 106 valence electrons. The second-order valence-electron chi connectivity index (χ2n) is 4.69. The molecule has 4 heteroatoms. The first-order chi connectivity index (χ1) is 9.11. The first-order valence-electron chi connectivity index (χ1n) is 6.80. The maximum atomic E-state index is 12.4. The Morgan fingerprint density at radius 2 is 2.00 bits per heavy atom. The minimum absolute atomic E-state index is 0.0333. The van der Waals surface area contributed by atoms with E-state index in [1.165, 1.54) is 0 Å². The number of carbonyl (C=O) groups excluding carboxylic acids is 1. The van der Waals surface area contributed by atoms with E-state index >= 15 is 0 Å². The Morgan fingerprint density at radius 1 is 1.26 bits per heavy atom. The van der Waals surface area contributed by atoms with E-state index < -0.39 is 0 Å². The number of phenols is 1. The average molecular weight is 265 g/mol. The van der Waals surface area contributed by atoms with Crippen molar-refractivity contribution < 1.29 is 15.0 Å². The molecule has 4 nitrogen and oxygen atoms in total. The molecule has 0 spiro atoms. The van der Waals surface area contributed by atoms with Gasteiger partial charge in [0.1, 0.15) is 5.75 Å². The zero-order valence-corrected chi connectivity index (χ0v) is 11.7. The summed E-state index contributed by atoms with van der Waals surface area (Å²) in [5, 5.41) is 19.0. The molecular weight excluding hydrogens is 242 g/mol. The highest BCUT2D eigenvalue weighted by molar-refractivity contribution is 5.97. The summed E-state index contributed by atoms with van der Waals surface area (Å²) in [5.41, 5.74) is 0.994. The summed E-state index contributed by atoms with van der Waals surface area (Å²) in [4.78, 5) is 14.0. The normalized spacial score (nSPS) is 10.5. The summed E-state index contributed by atoms with van der Waals surface area (Å²) < 4.78 is 0. The van der Waals surface area contributed by atoms with Crippen LogP contribution in [0.4, 0.5) is 0 Å². The van der Waals surface area contributed by atoms with E-state index in [-0.39, 0.29) is 18.3 Å². The summed E-state index contributed by atoms with van der Waals surface area (Å²) in [7, 11) is 0. The molecule has 19 heavy (non-hydrogen) atoms. The highest BCUT2D eigenvalue weighted by Crippen LogP contribution is 2.23. The van der Waals surface area contributed by atoms with Gasteiger partial charge in [-0.05, 0) is 25.0 Å². The molecule has 1 aromatic carbocycles. The number of rotatable bonds is 7. The fourth-order valence-electron chi connectivity index (χ4n) is 1.99. The van der Waals surface area contributed by atoms with Crippen LogP contribution >= 0.6 is 0 Å². The Labute approximate surface area is 114 Å². The number of aromatic hydroxyl groups is 1. The maximum absolute atomic E-state index is 12.4. The van der Waals surface area contributed by atoms with Crippen LogP contribution in [0.15, 0.2) is 18.2 Å². The second-order valence-corrected chi connectivity index (χ2v) is 4.69. The van der Waals surface area contributed by atoms with Crippen molar-refractivity contribution in [2.24, 2.45) is 0 Å². The highest BCUT2D eigenvalue weighted by Gasteiger charge is 2.18. The molecule has 0 bridgehead atoms. The predicted molar refractivity (Wildman–Crippen MR) is 75.4 cm³/mol. The van der Waals surface area contributed by atoms with Crippen molar-refractivity contribution in [2.45, 2.75) is 33.1 Å². The number of hydrogen-bond donors (Lipinski definition) is 2. The predicted octanol–water partition coefficient (Wildman–Crippen LogP) is 2.33. The van der Waals surface area contributed by atoms with Gasteiger partial charge in [0.05, 0.1) is 12.2 Å². The van der Waals surface area contributed by atoms with Crippen LogP contribution in [0.5, 0.6) is 5.75 Å². The van der Waals surface area contributed by atoms with Crippen LogP contribution < -0.4 is 0 Å². The first kappa shape index (κ1) is 15.5. The van der Waals surface area contributed by atoms with Gasteiger partial charge >= 0.3 is 0 Å². The number of nitrogens with zero attached hydrogens (tertiary/aromatic N) is 1. The summed E-state index contributed by atoms with van der Waals surface area (Å²) in [6.07, 6.45) is 3.04. The molecule has 0 unspecified atom stereocenters. The largest absolute Gasteiger partial charge is 0.507 e. The van der Waals surface area contributed by atoms with Crippen LogP contribution in [0.3, 0.4) is 0 Å². The van der Waals surface area contributed by atoms with E-state index in [1.54, 1.807) is 30.0 Å². The van der Waals surface area contributed by atoms with Crippen LogP contribution in [0.2, 0.25) is 0 Å².